The predicted octanol–water partition coefficient (Wildman–Crippen LogP) is 2.85. The van der Waals surface area contributed by atoms with Crippen LogP contribution in [0.4, 0.5) is 5.69 Å². The highest BCUT2D eigenvalue weighted by Gasteiger charge is 2.13. The molecule has 1 heterocycles. The summed E-state index contributed by atoms with van der Waals surface area (Å²) < 4.78 is 5.09. The topological polar surface area (TPSA) is 97.4 Å². The molecule has 3 rings (SSSR count). The van der Waals surface area contributed by atoms with Crippen molar-refractivity contribution in [2.45, 2.75) is 19.5 Å². The standard InChI is InChI=1S/C21H21N3O3/c22-13-15-7-9-16(10-8-15)14-23-20(25)12-17-4-1-2-5-18(17)24-21(26)19-6-3-11-27-19/h1-11H,12-14,22H2,(H,23,25)(H,24,26). The minimum absolute atomic E-state index is 0.127. The van der Waals surface area contributed by atoms with Gasteiger partial charge in [0.15, 0.2) is 5.76 Å². The van der Waals surface area contributed by atoms with Crippen LogP contribution in [0.2, 0.25) is 0 Å². The second-order valence-corrected chi connectivity index (χ2v) is 6.06. The maximum Gasteiger partial charge on any atom is 0.291 e. The quantitative estimate of drug-likeness (QED) is 0.601. The van der Waals surface area contributed by atoms with E-state index in [-0.39, 0.29) is 24.0 Å². The van der Waals surface area contributed by atoms with Crippen LogP contribution in [0.3, 0.4) is 0 Å². The van der Waals surface area contributed by atoms with Crippen molar-refractivity contribution in [2.75, 3.05) is 5.32 Å². The molecule has 6 heteroatoms. The zero-order valence-corrected chi connectivity index (χ0v) is 14.8. The van der Waals surface area contributed by atoms with E-state index in [0.717, 1.165) is 16.7 Å². The Bertz CT molecular complexity index is 903. The van der Waals surface area contributed by atoms with Gasteiger partial charge in [-0.1, -0.05) is 42.5 Å². The number of carbonyl (C=O) groups excluding carboxylic acids is 2. The summed E-state index contributed by atoms with van der Waals surface area (Å²) in [4.78, 5) is 24.5. The number of hydrogen-bond acceptors (Lipinski definition) is 4. The van der Waals surface area contributed by atoms with E-state index in [4.69, 9.17) is 10.2 Å². The highest BCUT2D eigenvalue weighted by molar-refractivity contribution is 6.03. The van der Waals surface area contributed by atoms with Crippen molar-refractivity contribution in [3.63, 3.8) is 0 Å². The van der Waals surface area contributed by atoms with Gasteiger partial charge in [0.2, 0.25) is 5.91 Å². The second kappa shape index (κ2) is 8.82. The first-order valence-electron chi connectivity index (χ1n) is 8.63. The van der Waals surface area contributed by atoms with Gasteiger partial charge in [0, 0.05) is 18.8 Å². The lowest BCUT2D eigenvalue weighted by Gasteiger charge is -2.11. The summed E-state index contributed by atoms with van der Waals surface area (Å²) in [7, 11) is 0. The molecule has 0 bridgehead atoms. The Kier molecular flexibility index (Phi) is 6.02. The van der Waals surface area contributed by atoms with Crippen LogP contribution < -0.4 is 16.4 Å². The number of hydrogen-bond donors (Lipinski definition) is 3. The van der Waals surface area contributed by atoms with Crippen molar-refractivity contribution in [3.8, 4) is 0 Å². The Morgan fingerprint density at radius 3 is 2.37 bits per heavy atom. The molecule has 3 aromatic rings. The molecular formula is C21H21N3O3. The maximum atomic E-state index is 12.3. The molecule has 2 amide bonds. The molecule has 4 N–H and O–H groups in total. The number of nitrogens with two attached hydrogens (primary N) is 1. The monoisotopic (exact) mass is 363 g/mol. The number of rotatable bonds is 7. The lowest BCUT2D eigenvalue weighted by Crippen LogP contribution is -2.25. The van der Waals surface area contributed by atoms with Crippen LogP contribution in [0, 0.1) is 0 Å². The predicted molar refractivity (Wildman–Crippen MR) is 103 cm³/mol. The summed E-state index contributed by atoms with van der Waals surface area (Å²) in [5.74, 6) is -0.263. The number of amides is 2. The lowest BCUT2D eigenvalue weighted by atomic mass is 10.1. The molecule has 0 saturated heterocycles. The molecule has 0 atom stereocenters. The molecule has 0 aliphatic rings. The zero-order chi connectivity index (χ0) is 19.1. The van der Waals surface area contributed by atoms with Gasteiger partial charge in [-0.25, -0.2) is 0 Å². The lowest BCUT2D eigenvalue weighted by molar-refractivity contribution is -0.120. The summed E-state index contributed by atoms with van der Waals surface area (Å²) in [6.07, 6.45) is 1.60. The van der Waals surface area contributed by atoms with Crippen LogP contribution >= 0.6 is 0 Å². The molecule has 138 valence electrons. The number of benzene rings is 2. The van der Waals surface area contributed by atoms with Crippen molar-refractivity contribution in [1.29, 1.82) is 0 Å². The van der Waals surface area contributed by atoms with Gasteiger partial charge in [-0.05, 0) is 34.9 Å². The van der Waals surface area contributed by atoms with E-state index < -0.39 is 0 Å². The van der Waals surface area contributed by atoms with E-state index in [2.05, 4.69) is 10.6 Å². The van der Waals surface area contributed by atoms with Crippen molar-refractivity contribution >= 4 is 17.5 Å². The van der Waals surface area contributed by atoms with Crippen molar-refractivity contribution in [3.05, 3.63) is 89.4 Å². The van der Waals surface area contributed by atoms with Crippen LogP contribution in [0.15, 0.2) is 71.3 Å². The third-order valence-corrected chi connectivity index (χ3v) is 4.11. The minimum Gasteiger partial charge on any atom is -0.459 e. The molecule has 6 nitrogen and oxygen atoms in total. The van der Waals surface area contributed by atoms with Crippen LogP contribution in [-0.4, -0.2) is 11.8 Å². The highest BCUT2D eigenvalue weighted by atomic mass is 16.3. The number of nitrogens with one attached hydrogen (secondary N) is 2. The Balaban J connectivity index is 1.59. The van der Waals surface area contributed by atoms with E-state index in [0.29, 0.717) is 18.8 Å². The fourth-order valence-electron chi connectivity index (χ4n) is 2.62. The van der Waals surface area contributed by atoms with Crippen molar-refractivity contribution < 1.29 is 14.0 Å². The van der Waals surface area contributed by atoms with E-state index in [1.54, 1.807) is 24.3 Å². The minimum atomic E-state index is -0.354. The molecule has 0 spiro atoms. The Morgan fingerprint density at radius 2 is 1.67 bits per heavy atom. The van der Waals surface area contributed by atoms with Gasteiger partial charge >= 0.3 is 0 Å². The molecule has 27 heavy (non-hydrogen) atoms. The first-order valence-corrected chi connectivity index (χ1v) is 8.63. The van der Waals surface area contributed by atoms with Crippen LogP contribution in [-0.2, 0) is 24.3 Å². The smallest absolute Gasteiger partial charge is 0.291 e. The second-order valence-electron chi connectivity index (χ2n) is 6.06. The van der Waals surface area contributed by atoms with Crippen LogP contribution in [0.1, 0.15) is 27.2 Å². The first kappa shape index (κ1) is 18.4. The molecule has 2 aromatic carbocycles. The summed E-state index contributed by atoms with van der Waals surface area (Å²) in [6, 6.07) is 18.2. The molecule has 0 aliphatic carbocycles. The van der Waals surface area contributed by atoms with E-state index >= 15 is 0 Å². The maximum absolute atomic E-state index is 12.3. The van der Waals surface area contributed by atoms with Gasteiger partial charge < -0.3 is 20.8 Å². The molecule has 0 aliphatic heterocycles. The number of carbonyl (C=O) groups is 2. The van der Waals surface area contributed by atoms with Gasteiger partial charge in [0.05, 0.1) is 12.7 Å². The van der Waals surface area contributed by atoms with Gasteiger partial charge in [-0.3, -0.25) is 9.59 Å². The number of anilines is 1. The summed E-state index contributed by atoms with van der Waals surface area (Å²) in [5.41, 5.74) is 8.94. The van der Waals surface area contributed by atoms with E-state index in [1.165, 1.54) is 6.26 Å². The average Bonchev–Trinajstić information content (AvgIpc) is 3.23. The summed E-state index contributed by atoms with van der Waals surface area (Å²) in [6.45, 7) is 0.928. The molecule has 1 aromatic heterocycles. The zero-order valence-electron chi connectivity index (χ0n) is 14.8. The SMILES string of the molecule is NCc1ccc(CNC(=O)Cc2ccccc2NC(=O)c2ccco2)cc1. The molecule has 0 fully saturated rings. The summed E-state index contributed by atoms with van der Waals surface area (Å²) >= 11 is 0. The third kappa shape index (κ3) is 5.05. The fraction of sp³-hybridized carbons (Fsp3) is 0.143. The molecule has 0 unspecified atom stereocenters. The Labute approximate surface area is 157 Å². The van der Waals surface area contributed by atoms with Crippen molar-refractivity contribution in [1.82, 2.24) is 5.32 Å². The molecule has 0 radical (unpaired) electrons. The van der Waals surface area contributed by atoms with Gasteiger partial charge in [0.25, 0.3) is 5.91 Å². The Hall–Kier alpha value is -3.38. The third-order valence-electron chi connectivity index (χ3n) is 4.11. The highest BCUT2D eigenvalue weighted by Crippen LogP contribution is 2.17. The first-order chi connectivity index (χ1) is 13.2. The van der Waals surface area contributed by atoms with Crippen LogP contribution in [0.25, 0.3) is 0 Å². The average molecular weight is 363 g/mol. The van der Waals surface area contributed by atoms with Crippen LogP contribution in [0.5, 0.6) is 0 Å². The fourth-order valence-corrected chi connectivity index (χ4v) is 2.62. The number of para-hydroxylation sites is 1. The van der Waals surface area contributed by atoms with Gasteiger partial charge in [0.1, 0.15) is 0 Å². The molecule has 0 saturated carbocycles. The van der Waals surface area contributed by atoms with Gasteiger partial charge in [-0.2, -0.15) is 0 Å². The van der Waals surface area contributed by atoms with E-state index in [9.17, 15) is 9.59 Å². The molecular weight excluding hydrogens is 342 g/mol. The number of furan rings is 1. The van der Waals surface area contributed by atoms with Crippen molar-refractivity contribution in [2.24, 2.45) is 5.73 Å². The largest absolute Gasteiger partial charge is 0.459 e. The Morgan fingerprint density at radius 1 is 0.926 bits per heavy atom. The van der Waals surface area contributed by atoms with E-state index in [1.807, 2.05) is 36.4 Å². The summed E-state index contributed by atoms with van der Waals surface area (Å²) in [5, 5.41) is 5.67. The normalized spacial score (nSPS) is 10.4. The van der Waals surface area contributed by atoms with Gasteiger partial charge in [-0.15, -0.1) is 0 Å².